The van der Waals surface area contributed by atoms with Crippen molar-refractivity contribution in [3.63, 3.8) is 0 Å². The van der Waals surface area contributed by atoms with Gasteiger partial charge in [0.25, 0.3) is 0 Å². The molecule has 3 aromatic rings. The van der Waals surface area contributed by atoms with Crippen molar-refractivity contribution in [2.45, 2.75) is 12.3 Å². The van der Waals surface area contributed by atoms with E-state index in [9.17, 15) is 0 Å². The smallest absolute Gasteiger partial charge is 0.0985 e. The monoisotopic (exact) mass is 346 g/mol. The molecular formula is C16H15BrN2S. The summed E-state index contributed by atoms with van der Waals surface area (Å²) in [5, 5.41) is 1.13. The topological polar surface area (TPSA) is 38.9 Å². The Morgan fingerprint density at radius 2 is 1.85 bits per heavy atom. The van der Waals surface area contributed by atoms with E-state index in [1.165, 1.54) is 10.3 Å². The van der Waals surface area contributed by atoms with Gasteiger partial charge in [0.05, 0.1) is 15.2 Å². The van der Waals surface area contributed by atoms with Gasteiger partial charge in [0.15, 0.2) is 0 Å². The van der Waals surface area contributed by atoms with Crippen LogP contribution < -0.4 is 5.73 Å². The number of benzene rings is 2. The Bertz CT molecular complexity index is 690. The van der Waals surface area contributed by atoms with Crippen LogP contribution in [0.25, 0.3) is 10.2 Å². The van der Waals surface area contributed by atoms with Crippen LogP contribution in [-0.4, -0.2) is 11.5 Å². The molecule has 0 bridgehead atoms. The summed E-state index contributed by atoms with van der Waals surface area (Å²) in [6, 6.07) is 16.5. The molecule has 20 heavy (non-hydrogen) atoms. The molecule has 1 heterocycles. The third kappa shape index (κ3) is 2.77. The van der Waals surface area contributed by atoms with Gasteiger partial charge in [0.1, 0.15) is 0 Å². The highest BCUT2D eigenvalue weighted by atomic mass is 79.9. The summed E-state index contributed by atoms with van der Waals surface area (Å²) in [4.78, 5) is 4.73. The van der Waals surface area contributed by atoms with Crippen LogP contribution in [0.2, 0.25) is 0 Å². The van der Waals surface area contributed by atoms with E-state index in [0.29, 0.717) is 6.54 Å². The van der Waals surface area contributed by atoms with E-state index < -0.39 is 0 Å². The van der Waals surface area contributed by atoms with E-state index >= 15 is 0 Å². The minimum absolute atomic E-state index is 0.270. The fourth-order valence-corrected chi connectivity index (χ4v) is 3.79. The van der Waals surface area contributed by atoms with Crippen LogP contribution in [0, 0.1) is 0 Å². The van der Waals surface area contributed by atoms with E-state index in [2.05, 4.69) is 52.3 Å². The Balaban J connectivity index is 1.91. The number of hydrogen-bond donors (Lipinski definition) is 1. The largest absolute Gasteiger partial charge is 0.330 e. The highest BCUT2D eigenvalue weighted by Gasteiger charge is 2.16. The molecule has 0 fully saturated rings. The highest BCUT2D eigenvalue weighted by molar-refractivity contribution is 9.10. The van der Waals surface area contributed by atoms with Gasteiger partial charge in [0, 0.05) is 16.9 Å². The van der Waals surface area contributed by atoms with Crippen molar-refractivity contribution in [2.24, 2.45) is 5.73 Å². The molecule has 1 atom stereocenters. The van der Waals surface area contributed by atoms with Crippen LogP contribution in [-0.2, 0) is 6.42 Å². The zero-order valence-electron chi connectivity index (χ0n) is 10.9. The van der Waals surface area contributed by atoms with E-state index in [1.807, 2.05) is 12.1 Å². The molecule has 0 aliphatic carbocycles. The van der Waals surface area contributed by atoms with E-state index in [0.717, 1.165) is 21.4 Å². The maximum atomic E-state index is 5.98. The average molecular weight is 347 g/mol. The van der Waals surface area contributed by atoms with E-state index in [1.54, 1.807) is 11.3 Å². The quantitative estimate of drug-likeness (QED) is 0.762. The molecule has 1 aromatic heterocycles. The first-order valence-corrected chi connectivity index (χ1v) is 8.18. The second-order valence-electron chi connectivity index (χ2n) is 4.75. The fourth-order valence-electron chi connectivity index (χ4n) is 2.27. The molecular weight excluding hydrogens is 332 g/mol. The zero-order chi connectivity index (χ0) is 13.9. The van der Waals surface area contributed by atoms with Crippen LogP contribution in [0.5, 0.6) is 0 Å². The number of nitrogens with zero attached hydrogens (tertiary/aromatic N) is 1. The van der Waals surface area contributed by atoms with E-state index in [-0.39, 0.29) is 5.92 Å². The fraction of sp³-hybridized carbons (Fsp3) is 0.188. The van der Waals surface area contributed by atoms with Gasteiger partial charge in [-0.2, -0.15) is 0 Å². The molecule has 2 aromatic carbocycles. The van der Waals surface area contributed by atoms with Crippen molar-refractivity contribution in [1.29, 1.82) is 0 Å². The molecule has 0 saturated carbocycles. The average Bonchev–Trinajstić information content (AvgIpc) is 2.90. The van der Waals surface area contributed by atoms with Gasteiger partial charge >= 0.3 is 0 Å². The summed E-state index contributed by atoms with van der Waals surface area (Å²) in [6.45, 7) is 0.612. The minimum atomic E-state index is 0.270. The standard InChI is InChI=1S/C16H15BrN2S/c17-13-6-2-1-5-11(13)9-12(10-18)16-19-14-7-3-4-8-15(14)20-16/h1-8,12H,9-10,18H2. The summed E-state index contributed by atoms with van der Waals surface area (Å²) in [5.41, 5.74) is 8.32. The molecule has 102 valence electrons. The molecule has 1 unspecified atom stereocenters. The number of thiazole rings is 1. The van der Waals surface area contributed by atoms with Crippen molar-refractivity contribution in [3.05, 3.63) is 63.6 Å². The lowest BCUT2D eigenvalue weighted by atomic mass is 10.00. The summed E-state index contributed by atoms with van der Waals surface area (Å²) in [6.07, 6.45) is 0.914. The van der Waals surface area contributed by atoms with Crippen LogP contribution >= 0.6 is 27.3 Å². The highest BCUT2D eigenvalue weighted by Crippen LogP contribution is 2.30. The molecule has 0 saturated heterocycles. The Labute approximate surface area is 130 Å². The Hall–Kier alpha value is -1.23. The molecule has 0 aliphatic heterocycles. The number of hydrogen-bond acceptors (Lipinski definition) is 3. The lowest BCUT2D eigenvalue weighted by molar-refractivity contribution is 0.689. The van der Waals surface area contributed by atoms with Gasteiger partial charge in [-0.1, -0.05) is 46.3 Å². The first-order chi connectivity index (χ1) is 9.78. The molecule has 0 amide bonds. The zero-order valence-corrected chi connectivity index (χ0v) is 13.3. The summed E-state index contributed by atoms with van der Waals surface area (Å²) >= 11 is 5.35. The molecule has 4 heteroatoms. The van der Waals surface area contributed by atoms with E-state index in [4.69, 9.17) is 10.7 Å². The first-order valence-electron chi connectivity index (χ1n) is 6.57. The maximum Gasteiger partial charge on any atom is 0.0985 e. The van der Waals surface area contributed by atoms with Gasteiger partial charge in [-0.3, -0.25) is 0 Å². The molecule has 2 nitrogen and oxygen atoms in total. The van der Waals surface area contributed by atoms with Gasteiger partial charge < -0.3 is 5.73 Å². The number of halogens is 1. The molecule has 0 radical (unpaired) electrons. The van der Waals surface area contributed by atoms with Gasteiger partial charge in [-0.15, -0.1) is 11.3 Å². The Morgan fingerprint density at radius 3 is 2.60 bits per heavy atom. The lowest BCUT2D eigenvalue weighted by Gasteiger charge is -2.12. The summed E-state index contributed by atoms with van der Waals surface area (Å²) < 4.78 is 2.37. The number of para-hydroxylation sites is 1. The number of fused-ring (bicyclic) bond motifs is 1. The first kappa shape index (κ1) is 13.7. The minimum Gasteiger partial charge on any atom is -0.330 e. The van der Waals surface area contributed by atoms with Gasteiger partial charge in [-0.25, -0.2) is 4.98 Å². The SMILES string of the molecule is NCC(Cc1ccccc1Br)c1nc2ccccc2s1. The summed E-state index contributed by atoms with van der Waals surface area (Å²) in [7, 11) is 0. The molecule has 3 rings (SSSR count). The molecule has 2 N–H and O–H groups in total. The van der Waals surface area contributed by atoms with Crippen molar-refractivity contribution >= 4 is 37.5 Å². The van der Waals surface area contributed by atoms with Gasteiger partial charge in [0.2, 0.25) is 0 Å². The molecule has 0 aliphatic rings. The van der Waals surface area contributed by atoms with Crippen molar-refractivity contribution in [2.75, 3.05) is 6.54 Å². The number of nitrogens with two attached hydrogens (primary N) is 1. The van der Waals surface area contributed by atoms with Crippen LogP contribution in [0.4, 0.5) is 0 Å². The Kier molecular flexibility index (Phi) is 4.15. The normalized spacial score (nSPS) is 12.7. The third-order valence-corrected chi connectivity index (χ3v) is 5.34. The second kappa shape index (κ2) is 6.04. The predicted octanol–water partition coefficient (Wildman–Crippen LogP) is 4.34. The van der Waals surface area contributed by atoms with Crippen molar-refractivity contribution in [1.82, 2.24) is 4.98 Å². The van der Waals surface area contributed by atoms with Crippen LogP contribution in [0.15, 0.2) is 53.0 Å². The van der Waals surface area contributed by atoms with Crippen molar-refractivity contribution in [3.8, 4) is 0 Å². The Morgan fingerprint density at radius 1 is 1.10 bits per heavy atom. The predicted molar refractivity (Wildman–Crippen MR) is 89.3 cm³/mol. The lowest BCUT2D eigenvalue weighted by Crippen LogP contribution is -2.15. The van der Waals surface area contributed by atoms with Crippen LogP contribution in [0.3, 0.4) is 0 Å². The second-order valence-corrected chi connectivity index (χ2v) is 6.66. The molecule has 0 spiro atoms. The van der Waals surface area contributed by atoms with Crippen molar-refractivity contribution < 1.29 is 0 Å². The van der Waals surface area contributed by atoms with Gasteiger partial charge in [-0.05, 0) is 30.2 Å². The number of rotatable bonds is 4. The maximum absolute atomic E-state index is 5.98. The summed E-state index contributed by atoms with van der Waals surface area (Å²) in [5.74, 6) is 0.270. The third-order valence-electron chi connectivity index (χ3n) is 3.37. The number of aromatic nitrogens is 1. The van der Waals surface area contributed by atoms with Crippen LogP contribution in [0.1, 0.15) is 16.5 Å².